The number of morpholine rings is 1. The Kier molecular flexibility index (Phi) is 6.07. The lowest BCUT2D eigenvalue weighted by molar-refractivity contribution is -0.930. The van der Waals surface area contributed by atoms with Gasteiger partial charge in [0.1, 0.15) is 25.4 Å². The van der Waals surface area contributed by atoms with Crippen molar-refractivity contribution >= 4 is 23.8 Å². The monoisotopic (exact) mass is 417 g/mol. The zero-order chi connectivity index (χ0) is 19.3. The Labute approximate surface area is 173 Å². The highest BCUT2D eigenvalue weighted by atomic mass is 35.5. The van der Waals surface area contributed by atoms with Gasteiger partial charge in [-0.25, -0.2) is 0 Å². The second-order valence-corrected chi connectivity index (χ2v) is 7.38. The first kappa shape index (κ1) is 19.1. The molecule has 146 valence electrons. The average Bonchev–Trinajstić information content (AvgIpc) is 3.04. The molecule has 4 rings (SSSR count). The van der Waals surface area contributed by atoms with Gasteiger partial charge in [-0.1, -0.05) is 41.9 Å². The van der Waals surface area contributed by atoms with Gasteiger partial charge in [0.25, 0.3) is 0 Å². The lowest BCUT2D eigenvalue weighted by Crippen LogP contribution is -3.13. The number of ether oxygens (including phenoxy) is 2. The Morgan fingerprint density at radius 3 is 2.54 bits per heavy atom. The first-order chi connectivity index (χ1) is 13.7. The van der Waals surface area contributed by atoms with E-state index in [0.29, 0.717) is 22.2 Å². The van der Waals surface area contributed by atoms with Gasteiger partial charge in [0.05, 0.1) is 18.2 Å². The average molecular weight is 418 g/mol. The van der Waals surface area contributed by atoms with Crippen LogP contribution in [0.2, 0.25) is 5.02 Å². The van der Waals surface area contributed by atoms with Crippen molar-refractivity contribution in [2.45, 2.75) is 13.3 Å². The molecule has 6 nitrogen and oxygen atoms in total. The molecule has 1 aromatic heterocycles. The standard InChI is InChI=1S/C20H21ClN4O2S/c21-17-8-4-5-9-18(17)27-14-19-22-24(15-23-10-12-26-13-11-23)20(28)25(19)16-6-2-1-3-7-16/h1-9H,10-15H2/p+1. The van der Waals surface area contributed by atoms with E-state index < -0.39 is 0 Å². The summed E-state index contributed by atoms with van der Waals surface area (Å²) in [6, 6.07) is 17.4. The zero-order valence-corrected chi connectivity index (χ0v) is 17.0. The summed E-state index contributed by atoms with van der Waals surface area (Å²) in [5.41, 5.74) is 0.966. The van der Waals surface area contributed by atoms with Crippen molar-refractivity contribution in [3.05, 3.63) is 70.2 Å². The van der Waals surface area contributed by atoms with Gasteiger partial charge in [-0.3, -0.25) is 4.57 Å². The zero-order valence-electron chi connectivity index (χ0n) is 15.4. The molecule has 0 aliphatic carbocycles. The van der Waals surface area contributed by atoms with Gasteiger partial charge in [0, 0.05) is 5.69 Å². The van der Waals surface area contributed by atoms with Crippen molar-refractivity contribution in [2.75, 3.05) is 26.3 Å². The Morgan fingerprint density at radius 1 is 1.07 bits per heavy atom. The highest BCUT2D eigenvalue weighted by Gasteiger charge is 2.19. The van der Waals surface area contributed by atoms with E-state index in [9.17, 15) is 0 Å². The SMILES string of the molecule is S=c1n(C[NH+]2CCOCC2)nc(COc2ccccc2Cl)n1-c1ccccc1. The van der Waals surface area contributed by atoms with Crippen LogP contribution in [0, 0.1) is 4.77 Å². The van der Waals surface area contributed by atoms with Crippen LogP contribution < -0.4 is 9.64 Å². The van der Waals surface area contributed by atoms with Crippen LogP contribution in [0.1, 0.15) is 5.82 Å². The maximum atomic E-state index is 6.22. The first-order valence-electron chi connectivity index (χ1n) is 9.25. The van der Waals surface area contributed by atoms with E-state index in [1.54, 1.807) is 6.07 Å². The Hall–Kier alpha value is -2.19. The number of aromatic nitrogens is 3. The van der Waals surface area contributed by atoms with Gasteiger partial charge in [0.2, 0.25) is 4.77 Å². The fourth-order valence-corrected chi connectivity index (χ4v) is 3.73. The van der Waals surface area contributed by atoms with E-state index in [1.165, 1.54) is 4.90 Å². The van der Waals surface area contributed by atoms with Crippen molar-refractivity contribution < 1.29 is 14.4 Å². The van der Waals surface area contributed by atoms with Gasteiger partial charge < -0.3 is 14.4 Å². The van der Waals surface area contributed by atoms with E-state index in [2.05, 4.69) is 0 Å². The molecule has 0 unspecified atom stereocenters. The summed E-state index contributed by atoms with van der Waals surface area (Å²) < 4.78 is 15.9. The fourth-order valence-electron chi connectivity index (χ4n) is 3.22. The number of quaternary nitrogens is 1. The van der Waals surface area contributed by atoms with Crippen molar-refractivity contribution in [1.82, 2.24) is 14.3 Å². The lowest BCUT2D eigenvalue weighted by atomic mass is 10.3. The van der Waals surface area contributed by atoms with Crippen LogP contribution in [0.25, 0.3) is 5.69 Å². The topological polar surface area (TPSA) is 45.6 Å². The number of hydrogen-bond acceptors (Lipinski definition) is 4. The molecule has 1 fully saturated rings. The molecule has 1 saturated heterocycles. The Balaban J connectivity index is 1.64. The molecule has 0 atom stereocenters. The predicted molar refractivity (Wildman–Crippen MR) is 110 cm³/mol. The molecule has 28 heavy (non-hydrogen) atoms. The molecule has 8 heteroatoms. The Bertz CT molecular complexity index is 983. The number of para-hydroxylation sites is 2. The number of nitrogens with one attached hydrogen (secondary N) is 1. The molecule has 3 aromatic rings. The first-order valence-corrected chi connectivity index (χ1v) is 10.0. The smallest absolute Gasteiger partial charge is 0.207 e. The molecule has 2 heterocycles. The minimum Gasteiger partial charge on any atom is -0.484 e. The Morgan fingerprint density at radius 2 is 1.79 bits per heavy atom. The summed E-state index contributed by atoms with van der Waals surface area (Å²) in [5, 5.41) is 5.34. The second kappa shape index (κ2) is 8.87. The number of nitrogens with zero attached hydrogens (tertiary/aromatic N) is 3. The number of halogens is 1. The van der Waals surface area contributed by atoms with Gasteiger partial charge in [0.15, 0.2) is 12.5 Å². The molecule has 0 bridgehead atoms. The molecule has 1 aliphatic rings. The third-order valence-electron chi connectivity index (χ3n) is 4.69. The minimum atomic E-state index is 0.272. The van der Waals surface area contributed by atoms with Crippen LogP contribution in [0.15, 0.2) is 54.6 Å². The molecule has 2 aromatic carbocycles. The molecule has 1 aliphatic heterocycles. The largest absolute Gasteiger partial charge is 0.484 e. The van der Waals surface area contributed by atoms with Crippen molar-refractivity contribution in [3.8, 4) is 11.4 Å². The maximum absolute atomic E-state index is 6.22. The highest BCUT2D eigenvalue weighted by molar-refractivity contribution is 7.71. The van der Waals surface area contributed by atoms with E-state index in [0.717, 1.165) is 37.8 Å². The summed E-state index contributed by atoms with van der Waals surface area (Å²) in [6.45, 7) is 4.42. The van der Waals surface area contributed by atoms with E-state index >= 15 is 0 Å². The predicted octanol–water partition coefficient (Wildman–Crippen LogP) is 2.51. The summed E-state index contributed by atoms with van der Waals surface area (Å²) in [7, 11) is 0. The minimum absolute atomic E-state index is 0.272. The molecule has 0 amide bonds. The molecule has 0 spiro atoms. The van der Waals surface area contributed by atoms with Crippen molar-refractivity contribution in [2.24, 2.45) is 0 Å². The quantitative estimate of drug-likeness (QED) is 0.626. The van der Waals surface area contributed by atoms with Gasteiger partial charge in [-0.05, 0) is 36.5 Å². The maximum Gasteiger partial charge on any atom is 0.207 e. The molecule has 0 radical (unpaired) electrons. The third kappa shape index (κ3) is 4.28. The third-order valence-corrected chi connectivity index (χ3v) is 5.39. The summed E-state index contributed by atoms with van der Waals surface area (Å²) in [4.78, 5) is 1.40. The number of hydrogen-bond donors (Lipinski definition) is 1. The van der Waals surface area contributed by atoms with Crippen molar-refractivity contribution in [1.29, 1.82) is 0 Å². The van der Waals surface area contributed by atoms with E-state index in [-0.39, 0.29) is 6.61 Å². The van der Waals surface area contributed by atoms with E-state index in [1.807, 2.05) is 57.8 Å². The van der Waals surface area contributed by atoms with Crippen LogP contribution in [0.5, 0.6) is 5.75 Å². The van der Waals surface area contributed by atoms with E-state index in [4.69, 9.17) is 38.4 Å². The second-order valence-electron chi connectivity index (χ2n) is 6.61. The summed E-state index contributed by atoms with van der Waals surface area (Å²) >= 11 is 12.0. The van der Waals surface area contributed by atoms with Gasteiger partial charge >= 0.3 is 0 Å². The summed E-state index contributed by atoms with van der Waals surface area (Å²) in [6.07, 6.45) is 0. The van der Waals surface area contributed by atoms with Crippen LogP contribution in [-0.4, -0.2) is 40.7 Å². The summed E-state index contributed by atoms with van der Waals surface area (Å²) in [5.74, 6) is 1.37. The van der Waals surface area contributed by atoms with Gasteiger partial charge in [-0.2, -0.15) is 4.68 Å². The molecule has 1 N–H and O–H groups in total. The number of benzene rings is 2. The lowest BCUT2D eigenvalue weighted by Gasteiger charge is -2.23. The van der Waals surface area contributed by atoms with Crippen LogP contribution >= 0.6 is 23.8 Å². The van der Waals surface area contributed by atoms with Crippen LogP contribution in [0.3, 0.4) is 0 Å². The molecular formula is C20H22ClN4O2S+. The molecular weight excluding hydrogens is 396 g/mol. The van der Waals surface area contributed by atoms with Crippen molar-refractivity contribution in [3.63, 3.8) is 0 Å². The fraction of sp³-hybridized carbons (Fsp3) is 0.300. The highest BCUT2D eigenvalue weighted by Crippen LogP contribution is 2.24. The normalized spacial score (nSPS) is 14.9. The molecule has 0 saturated carbocycles. The van der Waals surface area contributed by atoms with Crippen LogP contribution in [-0.2, 0) is 18.0 Å². The van der Waals surface area contributed by atoms with Crippen LogP contribution in [0.4, 0.5) is 0 Å². The number of rotatable bonds is 6. The van der Waals surface area contributed by atoms with Gasteiger partial charge in [-0.15, -0.1) is 5.10 Å².